The maximum Gasteiger partial charge on any atom is 0.160 e. The first-order valence-corrected chi connectivity index (χ1v) is 9.52. The van der Waals surface area contributed by atoms with Crippen LogP contribution in [0.1, 0.15) is 33.6 Å². The summed E-state index contributed by atoms with van der Waals surface area (Å²) < 4.78 is 9.85. The van der Waals surface area contributed by atoms with Gasteiger partial charge in [-0.15, -0.1) is 0 Å². The van der Waals surface area contributed by atoms with Gasteiger partial charge in [0.15, 0.2) is 5.84 Å². The molecule has 0 amide bonds. The summed E-state index contributed by atoms with van der Waals surface area (Å²) in [6.07, 6.45) is 1.80. The van der Waals surface area contributed by atoms with Crippen LogP contribution in [0.3, 0.4) is 0 Å². The number of aromatic nitrogens is 4. The molecule has 0 aromatic carbocycles. The van der Waals surface area contributed by atoms with E-state index in [1.165, 1.54) is 11.9 Å². The summed E-state index contributed by atoms with van der Waals surface area (Å²) in [5.74, 6) is 1.95. The number of methoxy groups -OCH3 is 1. The maximum atomic E-state index is 6.17. The van der Waals surface area contributed by atoms with Gasteiger partial charge in [-0.3, -0.25) is 4.98 Å². The lowest BCUT2D eigenvalue weighted by Gasteiger charge is -2.14. The average molecular weight is 383 g/mol. The Bertz CT molecular complexity index is 1030. The largest absolute Gasteiger partial charge is 0.496 e. The Labute approximate surface area is 161 Å². The fourth-order valence-corrected chi connectivity index (χ4v) is 4.21. The quantitative estimate of drug-likeness (QED) is 0.659. The van der Waals surface area contributed by atoms with Crippen molar-refractivity contribution >= 4 is 17.8 Å². The molecule has 0 radical (unpaired) electrons. The van der Waals surface area contributed by atoms with Crippen LogP contribution in [0, 0.1) is 13.8 Å². The second kappa shape index (κ2) is 6.82. The van der Waals surface area contributed by atoms with Crippen molar-refractivity contribution in [1.82, 2.24) is 20.0 Å². The van der Waals surface area contributed by atoms with E-state index in [2.05, 4.69) is 19.6 Å². The van der Waals surface area contributed by atoms with Crippen LogP contribution < -0.4 is 16.2 Å². The molecule has 0 bridgehead atoms. The summed E-state index contributed by atoms with van der Waals surface area (Å²) in [7, 11) is 1.66. The van der Waals surface area contributed by atoms with Gasteiger partial charge in [0.25, 0.3) is 0 Å². The fraction of sp³-hybridized carbons (Fsp3) is 0.333. The molecule has 3 heterocycles. The molecular formula is C18H21N7OS. The summed E-state index contributed by atoms with van der Waals surface area (Å²) in [5.41, 5.74) is 19.5. The van der Waals surface area contributed by atoms with Crippen molar-refractivity contribution in [2.24, 2.45) is 15.9 Å². The zero-order valence-corrected chi connectivity index (χ0v) is 16.3. The summed E-state index contributed by atoms with van der Waals surface area (Å²) in [6.45, 7) is 4.81. The summed E-state index contributed by atoms with van der Waals surface area (Å²) in [5, 5.41) is 9.34. The molecule has 9 heteroatoms. The van der Waals surface area contributed by atoms with Crippen LogP contribution in [-0.2, 0) is 18.8 Å². The SMILES string of the molecule is COc1c(C)cnc(Cn2nc3cc(CN)c4c-3c(n2)C(N)=NSC4)c1C. The Morgan fingerprint density at radius 3 is 2.85 bits per heavy atom. The smallest absolute Gasteiger partial charge is 0.160 e. The number of ether oxygens (including phenoxy) is 1. The number of pyridine rings is 1. The van der Waals surface area contributed by atoms with Gasteiger partial charge in [-0.05, 0) is 43.0 Å². The molecule has 1 aromatic rings. The van der Waals surface area contributed by atoms with E-state index >= 15 is 0 Å². The van der Waals surface area contributed by atoms with Gasteiger partial charge in [0, 0.05) is 35.2 Å². The van der Waals surface area contributed by atoms with E-state index in [0.717, 1.165) is 45.0 Å². The minimum Gasteiger partial charge on any atom is -0.496 e. The standard InChI is InChI=1S/C18H21N7OS/c1-9-6-21-14(10(2)17(9)26-3)7-25-22-13-4-11(5-19)12-8-27-24-18(20)16(23-25)15(12)13/h4,6H,5,7-8,19H2,1-3H3,(H2,20,24). The third-order valence-electron chi connectivity index (χ3n) is 4.81. The van der Waals surface area contributed by atoms with E-state index in [4.69, 9.17) is 16.2 Å². The van der Waals surface area contributed by atoms with Gasteiger partial charge in [-0.1, -0.05) is 0 Å². The minimum absolute atomic E-state index is 0.403. The zero-order chi connectivity index (χ0) is 19.1. The molecule has 27 heavy (non-hydrogen) atoms. The first kappa shape index (κ1) is 17.7. The molecule has 4 N–H and O–H groups in total. The molecule has 0 fully saturated rings. The number of aryl methyl sites for hydroxylation is 1. The molecule has 0 atom stereocenters. The Kier molecular flexibility index (Phi) is 4.48. The molecule has 140 valence electrons. The van der Waals surface area contributed by atoms with Crippen molar-refractivity contribution in [3.05, 3.63) is 45.9 Å². The molecule has 8 nitrogen and oxygen atoms in total. The highest BCUT2D eigenvalue weighted by atomic mass is 32.2. The van der Waals surface area contributed by atoms with Gasteiger partial charge in [-0.25, -0.2) is 0 Å². The molecule has 0 saturated carbocycles. The normalized spacial score (nSPS) is 13.6. The molecule has 3 aliphatic rings. The van der Waals surface area contributed by atoms with Gasteiger partial charge in [0.2, 0.25) is 0 Å². The van der Waals surface area contributed by atoms with Crippen molar-refractivity contribution < 1.29 is 4.74 Å². The lowest BCUT2D eigenvalue weighted by Crippen LogP contribution is -2.22. The van der Waals surface area contributed by atoms with E-state index in [1.54, 1.807) is 18.1 Å². The van der Waals surface area contributed by atoms with Gasteiger partial charge >= 0.3 is 0 Å². The number of nitrogens with two attached hydrogens (primary N) is 2. The summed E-state index contributed by atoms with van der Waals surface area (Å²) in [4.78, 5) is 6.16. The Morgan fingerprint density at radius 2 is 2.11 bits per heavy atom. The molecule has 0 saturated heterocycles. The van der Waals surface area contributed by atoms with E-state index in [9.17, 15) is 0 Å². The number of rotatable bonds is 4. The van der Waals surface area contributed by atoms with E-state index in [-0.39, 0.29) is 0 Å². The molecule has 2 aliphatic heterocycles. The van der Waals surface area contributed by atoms with E-state index in [1.807, 2.05) is 19.9 Å². The molecule has 0 spiro atoms. The summed E-state index contributed by atoms with van der Waals surface area (Å²) in [6, 6.07) is 2.02. The van der Waals surface area contributed by atoms with Crippen molar-refractivity contribution in [3.63, 3.8) is 0 Å². The average Bonchev–Trinajstić information content (AvgIpc) is 2.92. The maximum absolute atomic E-state index is 6.17. The van der Waals surface area contributed by atoms with Crippen LogP contribution in [0.5, 0.6) is 5.75 Å². The zero-order valence-electron chi connectivity index (χ0n) is 15.5. The van der Waals surface area contributed by atoms with Crippen LogP contribution in [0.15, 0.2) is 16.7 Å². The van der Waals surface area contributed by atoms with Gasteiger partial charge in [-0.2, -0.15) is 19.4 Å². The second-order valence-corrected chi connectivity index (χ2v) is 7.22. The van der Waals surface area contributed by atoms with Crippen molar-refractivity contribution in [1.29, 1.82) is 0 Å². The van der Waals surface area contributed by atoms with Gasteiger partial charge in [0.1, 0.15) is 18.0 Å². The van der Waals surface area contributed by atoms with Crippen molar-refractivity contribution in [2.75, 3.05) is 7.11 Å². The van der Waals surface area contributed by atoms with Crippen LogP contribution >= 0.6 is 11.9 Å². The van der Waals surface area contributed by atoms with Crippen LogP contribution in [0.2, 0.25) is 0 Å². The summed E-state index contributed by atoms with van der Waals surface area (Å²) >= 11 is 1.41. The molecule has 1 aromatic heterocycles. The Hall–Kier alpha value is -2.65. The molecular weight excluding hydrogens is 362 g/mol. The van der Waals surface area contributed by atoms with E-state index < -0.39 is 0 Å². The number of hydrogen-bond acceptors (Lipinski definition) is 8. The minimum atomic E-state index is 0.403. The lowest BCUT2D eigenvalue weighted by atomic mass is 10.1. The fourth-order valence-electron chi connectivity index (χ4n) is 3.47. The van der Waals surface area contributed by atoms with E-state index in [0.29, 0.717) is 30.4 Å². The van der Waals surface area contributed by atoms with Gasteiger partial charge < -0.3 is 16.2 Å². The third-order valence-corrected chi connectivity index (χ3v) is 5.55. The topological polar surface area (TPSA) is 117 Å². The van der Waals surface area contributed by atoms with Crippen LogP contribution in [-0.4, -0.2) is 32.9 Å². The van der Waals surface area contributed by atoms with Crippen LogP contribution in [0.25, 0.3) is 11.3 Å². The number of hydrogen-bond donors (Lipinski definition) is 2. The highest BCUT2D eigenvalue weighted by Crippen LogP contribution is 2.37. The predicted molar refractivity (Wildman–Crippen MR) is 106 cm³/mol. The molecule has 4 rings (SSSR count). The monoisotopic (exact) mass is 383 g/mol. The number of amidine groups is 1. The molecule has 0 unspecified atom stereocenters. The first-order chi connectivity index (χ1) is 13.0. The predicted octanol–water partition coefficient (Wildman–Crippen LogP) is 1.78. The Balaban J connectivity index is 1.84. The first-order valence-electron chi connectivity index (χ1n) is 8.58. The Morgan fingerprint density at radius 1 is 1.30 bits per heavy atom. The van der Waals surface area contributed by atoms with Crippen molar-refractivity contribution in [3.8, 4) is 17.0 Å². The van der Waals surface area contributed by atoms with Gasteiger partial charge in [0.05, 0.1) is 18.5 Å². The highest BCUT2D eigenvalue weighted by Gasteiger charge is 2.26. The van der Waals surface area contributed by atoms with Crippen molar-refractivity contribution in [2.45, 2.75) is 32.7 Å². The lowest BCUT2D eigenvalue weighted by molar-refractivity contribution is 0.406. The number of nitrogens with zero attached hydrogens (tertiary/aromatic N) is 5. The highest BCUT2D eigenvalue weighted by molar-refractivity contribution is 7.97. The van der Waals surface area contributed by atoms with Crippen LogP contribution in [0.4, 0.5) is 0 Å². The third kappa shape index (κ3) is 2.92. The second-order valence-electron chi connectivity index (χ2n) is 6.49. The molecule has 1 aliphatic carbocycles.